The Balaban J connectivity index is 0.00000361. The predicted octanol–water partition coefficient (Wildman–Crippen LogP) is 2.46. The number of carbonyl (C=O) groups excluding carboxylic acids is 1. The largest absolute Gasteiger partial charge is 0.365 e. The number of halogens is 1. The highest BCUT2D eigenvalue weighted by Crippen LogP contribution is 2.27. The molecule has 1 saturated carbocycles. The molecule has 1 aliphatic rings. The Morgan fingerprint density at radius 1 is 1.45 bits per heavy atom. The molecular formula is C15H31ClN2O2. The van der Waals surface area contributed by atoms with E-state index in [1.54, 1.807) is 4.90 Å². The number of hydrogen-bond donors (Lipinski definition) is 1. The standard InChI is InChI=1S/C15H30N2O2.ClH/c1-5-14(15(18)17(4)10-9-16-3)19-13-8-6-7-12(2)11-13;/h12-14,16H,5-11H2,1-4H3;1H. The number of carbonyl (C=O) groups is 1. The lowest BCUT2D eigenvalue weighted by atomic mass is 9.88. The summed E-state index contributed by atoms with van der Waals surface area (Å²) in [6.45, 7) is 5.85. The number of rotatable bonds is 7. The summed E-state index contributed by atoms with van der Waals surface area (Å²) in [6, 6.07) is 0. The van der Waals surface area contributed by atoms with Crippen LogP contribution in [0.3, 0.4) is 0 Å². The minimum atomic E-state index is -0.267. The molecule has 0 heterocycles. The molecule has 120 valence electrons. The molecule has 5 heteroatoms. The van der Waals surface area contributed by atoms with Crippen molar-refractivity contribution >= 4 is 18.3 Å². The lowest BCUT2D eigenvalue weighted by molar-refractivity contribution is -0.148. The molecule has 0 aromatic heterocycles. The highest BCUT2D eigenvalue weighted by atomic mass is 35.5. The Bertz CT molecular complexity index is 277. The molecule has 0 spiro atoms. The molecule has 3 unspecified atom stereocenters. The highest BCUT2D eigenvalue weighted by molar-refractivity contribution is 5.85. The van der Waals surface area contributed by atoms with Crippen LogP contribution in [0.2, 0.25) is 0 Å². The van der Waals surface area contributed by atoms with E-state index < -0.39 is 0 Å². The van der Waals surface area contributed by atoms with Crippen LogP contribution >= 0.6 is 12.4 Å². The van der Waals surface area contributed by atoms with Gasteiger partial charge in [-0.3, -0.25) is 4.79 Å². The van der Waals surface area contributed by atoms with Crippen molar-refractivity contribution in [2.24, 2.45) is 5.92 Å². The van der Waals surface area contributed by atoms with Gasteiger partial charge in [-0.15, -0.1) is 12.4 Å². The summed E-state index contributed by atoms with van der Waals surface area (Å²) in [4.78, 5) is 14.1. The second-order valence-electron chi connectivity index (χ2n) is 5.79. The predicted molar refractivity (Wildman–Crippen MR) is 85.4 cm³/mol. The van der Waals surface area contributed by atoms with Crippen molar-refractivity contribution in [3.8, 4) is 0 Å². The summed E-state index contributed by atoms with van der Waals surface area (Å²) < 4.78 is 6.06. The smallest absolute Gasteiger partial charge is 0.251 e. The second kappa shape index (κ2) is 10.4. The fourth-order valence-electron chi connectivity index (χ4n) is 2.70. The fraction of sp³-hybridized carbons (Fsp3) is 0.933. The Morgan fingerprint density at radius 3 is 2.70 bits per heavy atom. The van der Waals surface area contributed by atoms with Crippen LogP contribution < -0.4 is 5.32 Å². The summed E-state index contributed by atoms with van der Waals surface area (Å²) in [6.07, 6.45) is 5.50. The Labute approximate surface area is 130 Å². The van der Waals surface area contributed by atoms with E-state index in [9.17, 15) is 4.79 Å². The second-order valence-corrected chi connectivity index (χ2v) is 5.79. The maximum absolute atomic E-state index is 12.3. The van der Waals surface area contributed by atoms with E-state index in [2.05, 4.69) is 12.2 Å². The maximum atomic E-state index is 12.3. The molecule has 0 bridgehead atoms. The Morgan fingerprint density at radius 2 is 2.15 bits per heavy atom. The van der Waals surface area contributed by atoms with Crippen LogP contribution in [0, 0.1) is 5.92 Å². The normalized spacial score (nSPS) is 23.8. The third-order valence-corrected chi connectivity index (χ3v) is 3.96. The first-order valence-corrected chi connectivity index (χ1v) is 7.63. The first-order valence-electron chi connectivity index (χ1n) is 7.63. The van der Waals surface area contributed by atoms with Gasteiger partial charge in [-0.05, 0) is 32.2 Å². The van der Waals surface area contributed by atoms with E-state index >= 15 is 0 Å². The van der Waals surface area contributed by atoms with Gasteiger partial charge in [0.15, 0.2) is 0 Å². The molecule has 1 rings (SSSR count). The summed E-state index contributed by atoms with van der Waals surface area (Å²) in [5, 5.41) is 3.06. The van der Waals surface area contributed by atoms with Crippen molar-refractivity contribution < 1.29 is 9.53 Å². The SMILES string of the molecule is CCC(OC1CCCC(C)C1)C(=O)N(C)CCNC.Cl. The number of hydrogen-bond acceptors (Lipinski definition) is 3. The van der Waals surface area contributed by atoms with Crippen molar-refractivity contribution in [2.75, 3.05) is 27.2 Å². The Hall–Kier alpha value is -0.320. The van der Waals surface area contributed by atoms with E-state index in [-0.39, 0.29) is 30.5 Å². The summed E-state index contributed by atoms with van der Waals surface area (Å²) in [5.74, 6) is 0.851. The molecule has 1 N–H and O–H groups in total. The van der Waals surface area contributed by atoms with Gasteiger partial charge in [0.25, 0.3) is 5.91 Å². The number of nitrogens with zero attached hydrogens (tertiary/aromatic N) is 1. The molecular weight excluding hydrogens is 276 g/mol. The molecule has 0 saturated heterocycles. The van der Waals surface area contributed by atoms with E-state index in [1.807, 2.05) is 21.0 Å². The molecule has 20 heavy (non-hydrogen) atoms. The van der Waals surface area contributed by atoms with Gasteiger partial charge in [0, 0.05) is 20.1 Å². The zero-order valence-electron chi connectivity index (χ0n) is 13.4. The van der Waals surface area contributed by atoms with Gasteiger partial charge < -0.3 is 15.0 Å². The average Bonchev–Trinajstić information content (AvgIpc) is 2.41. The van der Waals surface area contributed by atoms with Crippen LogP contribution in [0.15, 0.2) is 0 Å². The topological polar surface area (TPSA) is 41.6 Å². The van der Waals surface area contributed by atoms with Crippen molar-refractivity contribution in [3.05, 3.63) is 0 Å². The molecule has 1 aliphatic carbocycles. The van der Waals surface area contributed by atoms with Gasteiger partial charge >= 0.3 is 0 Å². The summed E-state index contributed by atoms with van der Waals surface area (Å²) in [5.41, 5.74) is 0. The Kier molecular flexibility index (Phi) is 10.2. The van der Waals surface area contributed by atoms with Gasteiger partial charge in [0.05, 0.1) is 6.10 Å². The molecule has 0 aromatic carbocycles. The van der Waals surface area contributed by atoms with Crippen LogP contribution in [-0.2, 0) is 9.53 Å². The highest BCUT2D eigenvalue weighted by Gasteiger charge is 2.27. The van der Waals surface area contributed by atoms with Crippen molar-refractivity contribution in [2.45, 2.75) is 58.2 Å². The van der Waals surface area contributed by atoms with Gasteiger partial charge in [-0.1, -0.05) is 26.7 Å². The number of ether oxygens (including phenoxy) is 1. The lowest BCUT2D eigenvalue weighted by Gasteiger charge is -2.31. The minimum absolute atomic E-state index is 0. The fourth-order valence-corrected chi connectivity index (χ4v) is 2.70. The van der Waals surface area contributed by atoms with Gasteiger partial charge in [0.1, 0.15) is 6.10 Å². The molecule has 0 aromatic rings. The third kappa shape index (κ3) is 6.42. The third-order valence-electron chi connectivity index (χ3n) is 3.96. The first kappa shape index (κ1) is 19.7. The number of likely N-dealkylation sites (N-methyl/N-ethyl adjacent to an activating group) is 2. The van der Waals surface area contributed by atoms with Gasteiger partial charge in [0.2, 0.25) is 0 Å². The molecule has 0 aliphatic heterocycles. The van der Waals surface area contributed by atoms with E-state index in [0.717, 1.165) is 38.3 Å². The molecule has 1 amide bonds. The van der Waals surface area contributed by atoms with E-state index in [4.69, 9.17) is 4.74 Å². The number of nitrogens with one attached hydrogen (secondary N) is 1. The van der Waals surface area contributed by atoms with Crippen LogP contribution in [0.4, 0.5) is 0 Å². The van der Waals surface area contributed by atoms with Crippen molar-refractivity contribution in [1.82, 2.24) is 10.2 Å². The quantitative estimate of drug-likeness (QED) is 0.785. The summed E-state index contributed by atoms with van der Waals surface area (Å²) in [7, 11) is 3.75. The van der Waals surface area contributed by atoms with Crippen LogP contribution in [-0.4, -0.2) is 50.2 Å². The first-order chi connectivity index (χ1) is 9.08. The van der Waals surface area contributed by atoms with E-state index in [0.29, 0.717) is 0 Å². The van der Waals surface area contributed by atoms with Crippen molar-refractivity contribution in [3.63, 3.8) is 0 Å². The average molecular weight is 307 g/mol. The molecule has 1 fully saturated rings. The number of amides is 1. The monoisotopic (exact) mass is 306 g/mol. The zero-order valence-corrected chi connectivity index (χ0v) is 14.2. The van der Waals surface area contributed by atoms with Gasteiger partial charge in [-0.2, -0.15) is 0 Å². The van der Waals surface area contributed by atoms with Crippen LogP contribution in [0.5, 0.6) is 0 Å². The lowest BCUT2D eigenvalue weighted by Crippen LogP contribution is -2.42. The van der Waals surface area contributed by atoms with Crippen molar-refractivity contribution in [1.29, 1.82) is 0 Å². The maximum Gasteiger partial charge on any atom is 0.251 e. The van der Waals surface area contributed by atoms with Gasteiger partial charge in [-0.25, -0.2) is 0 Å². The molecule has 0 radical (unpaired) electrons. The molecule has 4 nitrogen and oxygen atoms in total. The minimum Gasteiger partial charge on any atom is -0.365 e. The summed E-state index contributed by atoms with van der Waals surface area (Å²) >= 11 is 0. The zero-order chi connectivity index (χ0) is 14.3. The van der Waals surface area contributed by atoms with Crippen LogP contribution in [0.1, 0.15) is 46.0 Å². The van der Waals surface area contributed by atoms with E-state index in [1.165, 1.54) is 12.8 Å². The molecule has 3 atom stereocenters. The van der Waals surface area contributed by atoms with Crippen LogP contribution in [0.25, 0.3) is 0 Å².